The molecular weight excluding hydrogens is 232 g/mol. The van der Waals surface area contributed by atoms with Crippen molar-refractivity contribution >= 4 is 5.97 Å². The largest absolute Gasteiger partial charge is 0.463 e. The number of carbonyl (C=O) groups is 1. The molecule has 2 bridgehead atoms. The van der Waals surface area contributed by atoms with Crippen molar-refractivity contribution in [3.05, 3.63) is 12.2 Å². The van der Waals surface area contributed by atoms with Crippen LogP contribution in [0.15, 0.2) is 12.2 Å². The second-order valence-corrected chi connectivity index (χ2v) is 4.86. The van der Waals surface area contributed by atoms with Gasteiger partial charge in [-0.25, -0.2) is 0 Å². The number of rotatable bonds is 8. The first-order chi connectivity index (χ1) is 8.81. The van der Waals surface area contributed by atoms with E-state index >= 15 is 0 Å². The van der Waals surface area contributed by atoms with Crippen LogP contribution in [0.25, 0.3) is 0 Å². The van der Waals surface area contributed by atoms with E-state index in [4.69, 9.17) is 14.2 Å². The van der Waals surface area contributed by atoms with Gasteiger partial charge in [0.15, 0.2) is 0 Å². The van der Waals surface area contributed by atoms with Crippen molar-refractivity contribution in [1.82, 2.24) is 0 Å². The van der Waals surface area contributed by atoms with Crippen molar-refractivity contribution in [3.63, 3.8) is 0 Å². The Morgan fingerprint density at radius 3 is 2.56 bits per heavy atom. The van der Waals surface area contributed by atoms with Gasteiger partial charge in [-0.2, -0.15) is 0 Å². The highest BCUT2D eigenvalue weighted by molar-refractivity contribution is 5.74. The zero-order valence-corrected chi connectivity index (χ0v) is 11.0. The minimum absolute atomic E-state index is 0.0553. The van der Waals surface area contributed by atoms with E-state index in [1.807, 2.05) is 6.92 Å². The Hall–Kier alpha value is -0.870. The van der Waals surface area contributed by atoms with Gasteiger partial charge >= 0.3 is 5.97 Å². The third-order valence-corrected chi connectivity index (χ3v) is 3.63. The van der Waals surface area contributed by atoms with Gasteiger partial charge in [-0.15, -0.1) is 0 Å². The number of hydrogen-bond donors (Lipinski definition) is 0. The maximum Gasteiger partial charge on any atom is 0.309 e. The normalized spacial score (nSPS) is 28.8. The molecule has 2 aliphatic carbocycles. The van der Waals surface area contributed by atoms with Crippen LogP contribution in [0.4, 0.5) is 0 Å². The molecule has 0 amide bonds. The van der Waals surface area contributed by atoms with Gasteiger partial charge in [0.05, 0.1) is 25.7 Å². The number of ether oxygens (including phenoxy) is 3. The van der Waals surface area contributed by atoms with Crippen LogP contribution >= 0.6 is 0 Å². The second-order valence-electron chi connectivity index (χ2n) is 4.86. The Morgan fingerprint density at radius 2 is 1.89 bits per heavy atom. The topological polar surface area (TPSA) is 44.8 Å². The highest BCUT2D eigenvalue weighted by Crippen LogP contribution is 2.43. The summed E-state index contributed by atoms with van der Waals surface area (Å²) in [6.07, 6.45) is 6.49. The van der Waals surface area contributed by atoms with E-state index in [1.54, 1.807) is 0 Å². The molecule has 0 N–H and O–H groups in total. The number of fused-ring (bicyclic) bond motifs is 2. The molecule has 4 nitrogen and oxygen atoms in total. The van der Waals surface area contributed by atoms with Crippen LogP contribution in [0.5, 0.6) is 0 Å². The second kappa shape index (κ2) is 6.90. The molecule has 4 heteroatoms. The number of allylic oxidation sites excluding steroid dienone is 2. The van der Waals surface area contributed by atoms with Crippen LogP contribution in [0.1, 0.15) is 19.8 Å². The molecule has 0 spiro atoms. The number of hydrogen-bond acceptors (Lipinski definition) is 4. The van der Waals surface area contributed by atoms with Gasteiger partial charge in [0, 0.05) is 6.61 Å². The zero-order chi connectivity index (χ0) is 12.8. The molecule has 1 saturated carbocycles. The predicted octanol–water partition coefficient (Wildman–Crippen LogP) is 1.79. The zero-order valence-electron chi connectivity index (χ0n) is 11.0. The van der Waals surface area contributed by atoms with Gasteiger partial charge < -0.3 is 14.2 Å². The van der Waals surface area contributed by atoms with Crippen molar-refractivity contribution in [2.75, 3.05) is 33.0 Å². The highest BCUT2D eigenvalue weighted by atomic mass is 16.6. The van der Waals surface area contributed by atoms with Crippen molar-refractivity contribution in [1.29, 1.82) is 0 Å². The molecule has 2 aliphatic rings. The molecule has 0 aromatic rings. The standard InChI is InChI=1S/C14H22O4/c1-2-16-5-6-17-7-8-18-14(15)13-10-11-3-4-12(13)9-11/h3-4,11-13H,2,5-10H2,1H3. The number of carbonyl (C=O) groups excluding carboxylic acids is 1. The SMILES string of the molecule is CCOCCOCCOC(=O)C1CC2C=CC1C2. The summed E-state index contributed by atoms with van der Waals surface area (Å²) in [5, 5.41) is 0. The lowest BCUT2D eigenvalue weighted by Gasteiger charge is -2.16. The van der Waals surface area contributed by atoms with Gasteiger partial charge in [-0.1, -0.05) is 12.2 Å². The lowest BCUT2D eigenvalue weighted by molar-refractivity contribution is -0.151. The van der Waals surface area contributed by atoms with E-state index in [9.17, 15) is 4.79 Å². The smallest absolute Gasteiger partial charge is 0.309 e. The van der Waals surface area contributed by atoms with Crippen LogP contribution in [-0.2, 0) is 19.0 Å². The predicted molar refractivity (Wildman–Crippen MR) is 67.1 cm³/mol. The summed E-state index contributed by atoms with van der Waals surface area (Å²) in [5.74, 6) is 1.06. The minimum atomic E-state index is -0.0553. The first kappa shape index (κ1) is 13.6. The molecule has 2 rings (SSSR count). The van der Waals surface area contributed by atoms with Gasteiger partial charge in [0.1, 0.15) is 6.61 Å². The first-order valence-corrected chi connectivity index (χ1v) is 6.81. The Bertz CT molecular complexity index is 300. The van der Waals surface area contributed by atoms with E-state index in [0.29, 0.717) is 44.9 Å². The van der Waals surface area contributed by atoms with Gasteiger partial charge in [-0.3, -0.25) is 4.79 Å². The lowest BCUT2D eigenvalue weighted by Crippen LogP contribution is -2.23. The summed E-state index contributed by atoms with van der Waals surface area (Å²) >= 11 is 0. The van der Waals surface area contributed by atoms with E-state index in [2.05, 4.69) is 12.2 Å². The molecule has 0 heterocycles. The van der Waals surface area contributed by atoms with Crippen molar-refractivity contribution in [3.8, 4) is 0 Å². The van der Waals surface area contributed by atoms with Crippen LogP contribution < -0.4 is 0 Å². The summed E-state index contributed by atoms with van der Waals surface area (Å²) in [7, 11) is 0. The van der Waals surface area contributed by atoms with Crippen LogP contribution in [0.3, 0.4) is 0 Å². The van der Waals surface area contributed by atoms with Gasteiger partial charge in [-0.05, 0) is 31.6 Å². The molecule has 0 aromatic heterocycles. The number of esters is 1. The molecule has 0 aromatic carbocycles. The molecule has 0 saturated heterocycles. The summed E-state index contributed by atoms with van der Waals surface area (Å²) in [6, 6.07) is 0. The maximum absolute atomic E-state index is 11.8. The molecule has 3 unspecified atom stereocenters. The van der Waals surface area contributed by atoms with Gasteiger partial charge in [0.25, 0.3) is 0 Å². The van der Waals surface area contributed by atoms with Crippen molar-refractivity contribution in [2.45, 2.75) is 19.8 Å². The third-order valence-electron chi connectivity index (χ3n) is 3.63. The highest BCUT2D eigenvalue weighted by Gasteiger charge is 2.40. The molecule has 0 radical (unpaired) electrons. The third kappa shape index (κ3) is 3.56. The van der Waals surface area contributed by atoms with Crippen LogP contribution in [0, 0.1) is 17.8 Å². The van der Waals surface area contributed by atoms with Crippen LogP contribution in [0.2, 0.25) is 0 Å². The van der Waals surface area contributed by atoms with Gasteiger partial charge in [0.2, 0.25) is 0 Å². The Morgan fingerprint density at radius 1 is 1.11 bits per heavy atom. The molecule has 0 aliphatic heterocycles. The van der Waals surface area contributed by atoms with E-state index in [1.165, 1.54) is 0 Å². The van der Waals surface area contributed by atoms with E-state index in [0.717, 1.165) is 12.8 Å². The fraction of sp³-hybridized carbons (Fsp3) is 0.786. The Balaban J connectivity index is 1.52. The summed E-state index contributed by atoms with van der Waals surface area (Å²) in [5.41, 5.74) is 0. The Labute approximate surface area is 108 Å². The minimum Gasteiger partial charge on any atom is -0.463 e. The fourth-order valence-corrected chi connectivity index (χ4v) is 2.72. The molecule has 18 heavy (non-hydrogen) atoms. The molecule has 1 fully saturated rings. The average molecular weight is 254 g/mol. The van der Waals surface area contributed by atoms with E-state index in [-0.39, 0.29) is 11.9 Å². The average Bonchev–Trinajstić information content (AvgIpc) is 2.99. The quantitative estimate of drug-likeness (QED) is 0.376. The van der Waals surface area contributed by atoms with Crippen LogP contribution in [-0.4, -0.2) is 39.0 Å². The molecular formula is C14H22O4. The van der Waals surface area contributed by atoms with E-state index < -0.39 is 0 Å². The van der Waals surface area contributed by atoms with Crippen molar-refractivity contribution in [2.24, 2.45) is 17.8 Å². The Kier molecular flexibility index (Phi) is 5.20. The molecule has 102 valence electrons. The molecule has 3 atom stereocenters. The summed E-state index contributed by atoms with van der Waals surface area (Å²) in [4.78, 5) is 11.8. The summed E-state index contributed by atoms with van der Waals surface area (Å²) < 4.78 is 15.7. The lowest BCUT2D eigenvalue weighted by atomic mass is 9.94. The summed E-state index contributed by atoms with van der Waals surface area (Å²) in [6.45, 7) is 4.61. The first-order valence-electron chi connectivity index (χ1n) is 6.81. The van der Waals surface area contributed by atoms with Crippen molar-refractivity contribution < 1.29 is 19.0 Å². The maximum atomic E-state index is 11.8. The monoisotopic (exact) mass is 254 g/mol. The fourth-order valence-electron chi connectivity index (χ4n) is 2.72.